The van der Waals surface area contributed by atoms with Gasteiger partial charge in [-0.2, -0.15) is 0 Å². The highest BCUT2D eigenvalue weighted by atomic mass is 32.1. The summed E-state index contributed by atoms with van der Waals surface area (Å²) in [4.78, 5) is 0. The van der Waals surface area contributed by atoms with Crippen LogP contribution in [0.15, 0.2) is 0 Å². The highest BCUT2D eigenvalue weighted by Crippen LogP contribution is 2.03. The Morgan fingerprint density at radius 1 is 1.62 bits per heavy atom. The van der Waals surface area contributed by atoms with Gasteiger partial charge in [0.15, 0.2) is 5.01 Å². The maximum absolute atomic E-state index is 4.49. The van der Waals surface area contributed by atoms with Crippen molar-refractivity contribution >= 4 is 28.9 Å². The molecule has 0 aromatic carbocycles. The minimum absolute atomic E-state index is 0.692. The first-order valence-corrected chi connectivity index (χ1v) is 3.23. The van der Waals surface area contributed by atoms with Crippen LogP contribution in [0.25, 0.3) is 0 Å². The SMILES string of the molecule is Cc1nnc([C]=S)s1. The first-order valence-electron chi connectivity index (χ1n) is 2.01. The molecule has 0 aliphatic carbocycles. The predicted molar refractivity (Wildman–Crippen MR) is 36.3 cm³/mol. The van der Waals surface area contributed by atoms with Gasteiger partial charge in [0.25, 0.3) is 0 Å². The van der Waals surface area contributed by atoms with Crippen LogP contribution < -0.4 is 0 Å². The quantitative estimate of drug-likeness (QED) is 0.550. The molecule has 0 atom stereocenters. The van der Waals surface area contributed by atoms with E-state index in [1.807, 2.05) is 6.92 Å². The van der Waals surface area contributed by atoms with Crippen molar-refractivity contribution in [1.82, 2.24) is 10.2 Å². The summed E-state index contributed by atoms with van der Waals surface area (Å²) in [5.41, 5.74) is 0. The molecule has 4 heteroatoms. The van der Waals surface area contributed by atoms with Gasteiger partial charge < -0.3 is 0 Å². The van der Waals surface area contributed by atoms with Crippen molar-refractivity contribution in [2.24, 2.45) is 0 Å². The summed E-state index contributed by atoms with van der Waals surface area (Å²) >= 11 is 5.94. The lowest BCUT2D eigenvalue weighted by molar-refractivity contribution is 1.04. The zero-order chi connectivity index (χ0) is 5.98. The standard InChI is InChI=1S/C4H3N2S2/c1-3-5-6-4(2-7)8-3/h1H3. The molecule has 0 saturated heterocycles. The van der Waals surface area contributed by atoms with Crippen molar-refractivity contribution in [2.75, 3.05) is 0 Å². The molecular weight excluding hydrogens is 140 g/mol. The summed E-state index contributed by atoms with van der Waals surface area (Å²) in [6.07, 6.45) is 0. The van der Waals surface area contributed by atoms with Crippen LogP contribution in [0.5, 0.6) is 0 Å². The Balaban J connectivity index is 3.00. The van der Waals surface area contributed by atoms with E-state index >= 15 is 0 Å². The highest BCUT2D eigenvalue weighted by Gasteiger charge is 1.92. The van der Waals surface area contributed by atoms with Gasteiger partial charge in [0.2, 0.25) is 0 Å². The fourth-order valence-corrected chi connectivity index (χ4v) is 0.988. The first-order chi connectivity index (χ1) is 3.83. The van der Waals surface area contributed by atoms with Crippen LogP contribution in [-0.4, -0.2) is 15.6 Å². The fraction of sp³-hybridized carbons (Fsp3) is 0.250. The van der Waals surface area contributed by atoms with Gasteiger partial charge in [-0.1, -0.05) is 23.6 Å². The van der Waals surface area contributed by atoms with Crippen molar-refractivity contribution < 1.29 is 0 Å². The van der Waals surface area contributed by atoms with E-state index < -0.39 is 0 Å². The van der Waals surface area contributed by atoms with Crippen LogP contribution in [0.3, 0.4) is 0 Å². The second-order valence-electron chi connectivity index (χ2n) is 1.23. The molecule has 0 aliphatic rings. The van der Waals surface area contributed by atoms with Crippen molar-refractivity contribution in [3.05, 3.63) is 10.0 Å². The summed E-state index contributed by atoms with van der Waals surface area (Å²) in [6.45, 7) is 1.88. The van der Waals surface area contributed by atoms with Crippen LogP contribution >= 0.6 is 23.6 Å². The van der Waals surface area contributed by atoms with Gasteiger partial charge >= 0.3 is 0 Å². The third-order valence-corrected chi connectivity index (χ3v) is 1.69. The Kier molecular flexibility index (Phi) is 1.65. The second-order valence-corrected chi connectivity index (χ2v) is 2.61. The smallest absolute Gasteiger partial charge is 0.143 e. The monoisotopic (exact) mass is 143 g/mol. The number of aromatic nitrogens is 2. The Morgan fingerprint density at radius 3 is 2.62 bits per heavy atom. The molecule has 0 fully saturated rings. The van der Waals surface area contributed by atoms with Gasteiger partial charge in [0.05, 0.1) is 5.37 Å². The summed E-state index contributed by atoms with van der Waals surface area (Å²) in [5.74, 6) is 0. The van der Waals surface area contributed by atoms with Gasteiger partial charge in [-0.15, -0.1) is 10.2 Å². The minimum atomic E-state index is 0.692. The molecule has 1 heterocycles. The van der Waals surface area contributed by atoms with Crippen molar-refractivity contribution in [3.63, 3.8) is 0 Å². The zero-order valence-electron chi connectivity index (χ0n) is 4.21. The summed E-state index contributed by atoms with van der Waals surface area (Å²) < 4.78 is 0. The van der Waals surface area contributed by atoms with Gasteiger partial charge in [-0.25, -0.2) is 0 Å². The first kappa shape index (κ1) is 5.78. The maximum Gasteiger partial charge on any atom is 0.160 e. The average molecular weight is 143 g/mol. The molecule has 41 valence electrons. The number of rotatable bonds is 1. The van der Waals surface area contributed by atoms with Crippen molar-refractivity contribution in [2.45, 2.75) is 6.92 Å². The summed E-state index contributed by atoms with van der Waals surface area (Å²) in [5, 5.41) is 11.5. The van der Waals surface area contributed by atoms with E-state index in [1.54, 1.807) is 0 Å². The van der Waals surface area contributed by atoms with Crippen LogP contribution in [0.2, 0.25) is 0 Å². The number of nitrogens with zero attached hydrogens (tertiary/aromatic N) is 2. The third kappa shape index (κ3) is 1.08. The molecule has 0 aliphatic heterocycles. The van der Waals surface area contributed by atoms with Crippen LogP contribution in [0.4, 0.5) is 0 Å². The number of aryl methyl sites for hydroxylation is 1. The van der Waals surface area contributed by atoms with Crippen molar-refractivity contribution in [1.29, 1.82) is 0 Å². The number of thiocarbonyl (C=S) groups is 1. The van der Waals surface area contributed by atoms with Gasteiger partial charge in [-0.3, -0.25) is 0 Å². The van der Waals surface area contributed by atoms with Gasteiger partial charge in [0.1, 0.15) is 5.01 Å². The fourth-order valence-electron chi connectivity index (χ4n) is 0.338. The van der Waals surface area contributed by atoms with E-state index in [-0.39, 0.29) is 0 Å². The lowest BCUT2D eigenvalue weighted by Gasteiger charge is -1.66. The molecule has 1 radical (unpaired) electrons. The van der Waals surface area contributed by atoms with Crippen LogP contribution in [-0.2, 0) is 0 Å². The number of hydrogen-bond donors (Lipinski definition) is 0. The molecule has 0 unspecified atom stereocenters. The van der Waals surface area contributed by atoms with Crippen LogP contribution in [0.1, 0.15) is 10.0 Å². The van der Waals surface area contributed by atoms with E-state index in [0.717, 1.165) is 5.01 Å². The molecule has 1 rings (SSSR count). The van der Waals surface area contributed by atoms with Gasteiger partial charge in [0, 0.05) is 0 Å². The largest absolute Gasteiger partial charge is 0.160 e. The lowest BCUT2D eigenvalue weighted by atomic mass is 10.9. The minimum Gasteiger partial charge on any atom is -0.143 e. The Bertz CT molecular complexity index is 194. The molecule has 1 aromatic heterocycles. The molecule has 0 N–H and O–H groups in total. The normalized spacial score (nSPS) is 9.12. The van der Waals surface area contributed by atoms with E-state index in [9.17, 15) is 0 Å². The molecule has 0 bridgehead atoms. The summed E-state index contributed by atoms with van der Waals surface area (Å²) in [7, 11) is 0. The Morgan fingerprint density at radius 2 is 2.38 bits per heavy atom. The maximum atomic E-state index is 4.49. The molecule has 0 amide bonds. The molecule has 0 spiro atoms. The van der Waals surface area contributed by atoms with E-state index in [1.165, 1.54) is 11.3 Å². The van der Waals surface area contributed by atoms with Crippen LogP contribution in [0, 0.1) is 6.92 Å². The summed E-state index contributed by atoms with van der Waals surface area (Å²) in [6, 6.07) is 0. The zero-order valence-corrected chi connectivity index (χ0v) is 5.84. The number of hydrogen-bond acceptors (Lipinski definition) is 4. The molecule has 8 heavy (non-hydrogen) atoms. The van der Waals surface area contributed by atoms with Gasteiger partial charge in [-0.05, 0) is 6.92 Å². The second kappa shape index (κ2) is 2.28. The van der Waals surface area contributed by atoms with E-state index in [4.69, 9.17) is 0 Å². The average Bonchev–Trinajstić information content (AvgIpc) is 2.14. The van der Waals surface area contributed by atoms with Crippen molar-refractivity contribution in [3.8, 4) is 0 Å². The topological polar surface area (TPSA) is 25.8 Å². The molecule has 2 nitrogen and oxygen atoms in total. The predicted octanol–water partition coefficient (Wildman–Crippen LogP) is 1.07. The Labute approximate surface area is 56.6 Å². The third-order valence-electron chi connectivity index (χ3n) is 0.613. The van der Waals surface area contributed by atoms with E-state index in [2.05, 4.69) is 27.8 Å². The van der Waals surface area contributed by atoms with E-state index in [0.29, 0.717) is 5.01 Å². The lowest BCUT2D eigenvalue weighted by Crippen LogP contribution is -1.73. The molecule has 0 saturated carbocycles. The Hall–Kier alpha value is -0.350. The highest BCUT2D eigenvalue weighted by molar-refractivity contribution is 7.79. The molecule has 1 aromatic rings. The molecular formula is C4H3N2S2.